The largest absolute Gasteiger partial charge is 0.361 e. The molecule has 0 radical (unpaired) electrons. The Morgan fingerprint density at radius 1 is 1.12 bits per heavy atom. The standard InChI is InChI=1S/C26H26N4O3S/c1-16-12-21(17(2)29(16)10-9-19-6-5-11-34-19)24(31)15-30-25(32)23(28-26(30)33)13-18-14-27-22-8-4-3-7-20(18)22/h3-8,11-12,14,23,27H,9-10,13,15H2,1-2H3,(H,28,33). The first-order chi connectivity index (χ1) is 16.4. The third kappa shape index (κ3) is 4.05. The third-order valence-corrected chi connectivity index (χ3v) is 7.48. The molecule has 1 aliphatic heterocycles. The molecule has 3 aromatic heterocycles. The van der Waals surface area contributed by atoms with E-state index < -0.39 is 12.1 Å². The number of nitrogens with one attached hydrogen (secondary N) is 2. The summed E-state index contributed by atoms with van der Waals surface area (Å²) in [4.78, 5) is 44.2. The monoisotopic (exact) mass is 474 g/mol. The molecule has 1 atom stereocenters. The summed E-state index contributed by atoms with van der Waals surface area (Å²) < 4.78 is 2.12. The second-order valence-electron chi connectivity index (χ2n) is 8.68. The van der Waals surface area contributed by atoms with Crippen molar-refractivity contribution in [2.75, 3.05) is 6.54 Å². The molecule has 1 aromatic carbocycles. The first-order valence-electron chi connectivity index (χ1n) is 11.3. The third-order valence-electron chi connectivity index (χ3n) is 6.54. The Morgan fingerprint density at radius 3 is 2.74 bits per heavy atom. The number of H-pyrrole nitrogens is 1. The number of ketones is 1. The molecule has 5 rings (SSSR count). The van der Waals surface area contributed by atoms with Crippen LogP contribution in [0.2, 0.25) is 0 Å². The number of para-hydroxylation sites is 1. The van der Waals surface area contributed by atoms with E-state index in [1.807, 2.05) is 56.4 Å². The summed E-state index contributed by atoms with van der Waals surface area (Å²) in [5, 5.41) is 5.83. The van der Waals surface area contributed by atoms with Crippen LogP contribution in [0.25, 0.3) is 10.9 Å². The Hall–Kier alpha value is -3.65. The van der Waals surface area contributed by atoms with Gasteiger partial charge in [0, 0.05) is 51.9 Å². The highest BCUT2D eigenvalue weighted by molar-refractivity contribution is 7.09. The van der Waals surface area contributed by atoms with Gasteiger partial charge in [-0.1, -0.05) is 24.3 Å². The SMILES string of the molecule is Cc1cc(C(=O)CN2C(=O)NC(Cc3c[nH]c4ccccc34)C2=O)c(C)n1CCc1cccs1. The van der Waals surface area contributed by atoms with Crippen molar-refractivity contribution in [1.82, 2.24) is 19.8 Å². The molecule has 4 heterocycles. The predicted octanol–water partition coefficient (Wildman–Crippen LogP) is 4.24. The number of fused-ring (bicyclic) bond motifs is 1. The lowest BCUT2D eigenvalue weighted by molar-refractivity contribution is -0.127. The van der Waals surface area contributed by atoms with Crippen LogP contribution < -0.4 is 5.32 Å². The van der Waals surface area contributed by atoms with Gasteiger partial charge in [-0.15, -0.1) is 11.3 Å². The molecule has 0 saturated carbocycles. The molecule has 0 spiro atoms. The van der Waals surface area contributed by atoms with Crippen LogP contribution >= 0.6 is 11.3 Å². The molecule has 1 saturated heterocycles. The molecule has 1 fully saturated rings. The van der Waals surface area contributed by atoms with Crippen LogP contribution in [0.4, 0.5) is 4.79 Å². The normalized spacial score (nSPS) is 15.9. The summed E-state index contributed by atoms with van der Waals surface area (Å²) in [5.74, 6) is -0.596. The van der Waals surface area contributed by atoms with Gasteiger partial charge in [0.1, 0.15) is 6.04 Å². The van der Waals surface area contributed by atoms with Crippen molar-refractivity contribution in [3.8, 4) is 0 Å². The Balaban J connectivity index is 1.28. The second kappa shape index (κ2) is 8.95. The van der Waals surface area contributed by atoms with E-state index in [1.165, 1.54) is 4.88 Å². The fraction of sp³-hybridized carbons (Fsp3) is 0.269. The number of benzene rings is 1. The van der Waals surface area contributed by atoms with Gasteiger partial charge in [-0.05, 0) is 49.4 Å². The molecular weight excluding hydrogens is 448 g/mol. The highest BCUT2D eigenvalue weighted by Crippen LogP contribution is 2.22. The van der Waals surface area contributed by atoms with Gasteiger partial charge in [0.15, 0.2) is 5.78 Å². The fourth-order valence-corrected chi connectivity index (χ4v) is 5.42. The molecule has 2 N–H and O–H groups in total. The molecule has 1 unspecified atom stereocenters. The lowest BCUT2D eigenvalue weighted by Crippen LogP contribution is -2.36. The number of nitrogens with zero attached hydrogens (tertiary/aromatic N) is 2. The molecule has 34 heavy (non-hydrogen) atoms. The lowest BCUT2D eigenvalue weighted by atomic mass is 10.0. The molecule has 0 aliphatic carbocycles. The minimum absolute atomic E-state index is 0.230. The molecule has 4 aromatic rings. The molecular formula is C26H26N4O3S. The summed E-state index contributed by atoms with van der Waals surface area (Å²) in [6.45, 7) is 4.41. The number of hydrogen-bond donors (Lipinski definition) is 2. The number of hydrogen-bond acceptors (Lipinski definition) is 4. The summed E-state index contributed by atoms with van der Waals surface area (Å²) in [6, 6.07) is 12.6. The van der Waals surface area contributed by atoms with Gasteiger partial charge in [-0.3, -0.25) is 14.5 Å². The second-order valence-corrected chi connectivity index (χ2v) is 9.71. The average molecular weight is 475 g/mol. The van der Waals surface area contributed by atoms with Crippen LogP contribution in [0, 0.1) is 13.8 Å². The summed E-state index contributed by atoms with van der Waals surface area (Å²) in [6.07, 6.45) is 3.13. The topological polar surface area (TPSA) is 87.2 Å². The number of rotatable bonds is 8. The van der Waals surface area contributed by atoms with E-state index in [0.717, 1.165) is 45.7 Å². The lowest BCUT2D eigenvalue weighted by Gasteiger charge is -2.13. The molecule has 0 bridgehead atoms. The number of imide groups is 1. The molecule has 7 nitrogen and oxygen atoms in total. The van der Waals surface area contributed by atoms with Crippen LogP contribution in [0.1, 0.15) is 32.2 Å². The average Bonchev–Trinajstić information content (AvgIpc) is 3.59. The zero-order valence-corrected chi connectivity index (χ0v) is 19.9. The quantitative estimate of drug-likeness (QED) is 0.296. The Labute approximate surface area is 201 Å². The van der Waals surface area contributed by atoms with Gasteiger partial charge in [-0.2, -0.15) is 0 Å². The summed E-state index contributed by atoms with van der Waals surface area (Å²) in [7, 11) is 0. The first-order valence-corrected chi connectivity index (χ1v) is 12.2. The Morgan fingerprint density at radius 2 is 1.94 bits per heavy atom. The Bertz CT molecular complexity index is 1380. The van der Waals surface area contributed by atoms with Gasteiger partial charge < -0.3 is 14.9 Å². The van der Waals surface area contributed by atoms with E-state index in [0.29, 0.717) is 12.0 Å². The van der Waals surface area contributed by atoms with Gasteiger partial charge in [-0.25, -0.2) is 4.79 Å². The van der Waals surface area contributed by atoms with Crippen molar-refractivity contribution >= 4 is 40.0 Å². The fourth-order valence-electron chi connectivity index (χ4n) is 4.72. The van der Waals surface area contributed by atoms with E-state index in [9.17, 15) is 14.4 Å². The van der Waals surface area contributed by atoms with Gasteiger partial charge in [0.2, 0.25) is 0 Å². The smallest absolute Gasteiger partial charge is 0.325 e. The molecule has 1 aliphatic rings. The maximum absolute atomic E-state index is 13.1. The maximum atomic E-state index is 13.1. The number of urea groups is 1. The van der Waals surface area contributed by atoms with Crippen molar-refractivity contribution in [3.63, 3.8) is 0 Å². The highest BCUT2D eigenvalue weighted by atomic mass is 32.1. The Kier molecular flexibility index (Phi) is 5.83. The number of carbonyl (C=O) groups excluding carboxylic acids is 3. The number of aromatic amines is 1. The van der Waals surface area contributed by atoms with Crippen molar-refractivity contribution in [2.45, 2.75) is 39.3 Å². The zero-order valence-electron chi connectivity index (χ0n) is 19.1. The number of aromatic nitrogens is 2. The van der Waals surface area contributed by atoms with E-state index in [4.69, 9.17) is 0 Å². The van der Waals surface area contributed by atoms with Crippen LogP contribution in [-0.4, -0.2) is 44.8 Å². The van der Waals surface area contributed by atoms with Gasteiger partial charge in [0.25, 0.3) is 5.91 Å². The number of carbonyl (C=O) groups is 3. The highest BCUT2D eigenvalue weighted by Gasteiger charge is 2.39. The number of thiophene rings is 1. The molecule has 174 valence electrons. The summed E-state index contributed by atoms with van der Waals surface area (Å²) >= 11 is 1.72. The predicted molar refractivity (Wildman–Crippen MR) is 132 cm³/mol. The van der Waals surface area contributed by atoms with Gasteiger partial charge >= 0.3 is 6.03 Å². The minimum Gasteiger partial charge on any atom is -0.361 e. The van der Waals surface area contributed by atoms with Crippen molar-refractivity contribution in [1.29, 1.82) is 0 Å². The van der Waals surface area contributed by atoms with Crippen LogP contribution in [0.5, 0.6) is 0 Å². The van der Waals surface area contributed by atoms with Crippen molar-refractivity contribution < 1.29 is 14.4 Å². The number of aryl methyl sites for hydroxylation is 2. The maximum Gasteiger partial charge on any atom is 0.325 e. The minimum atomic E-state index is -0.683. The molecule has 3 amide bonds. The zero-order chi connectivity index (χ0) is 23.8. The van der Waals surface area contributed by atoms with E-state index in [-0.39, 0.29) is 18.2 Å². The number of amides is 3. The van der Waals surface area contributed by atoms with Crippen molar-refractivity contribution in [2.24, 2.45) is 0 Å². The summed E-state index contributed by atoms with van der Waals surface area (Å²) in [5.41, 5.74) is 4.35. The molecule has 8 heteroatoms. The van der Waals surface area contributed by atoms with Gasteiger partial charge in [0.05, 0.1) is 6.54 Å². The van der Waals surface area contributed by atoms with E-state index in [2.05, 4.69) is 26.3 Å². The first kappa shape index (κ1) is 22.2. The van der Waals surface area contributed by atoms with Crippen LogP contribution in [-0.2, 0) is 24.2 Å². The van der Waals surface area contributed by atoms with E-state index >= 15 is 0 Å². The van der Waals surface area contributed by atoms with Crippen molar-refractivity contribution in [3.05, 3.63) is 81.4 Å². The number of Topliss-reactive ketones (excluding diaryl/α,β-unsaturated/α-hetero) is 1. The van der Waals surface area contributed by atoms with E-state index in [1.54, 1.807) is 11.3 Å². The van der Waals surface area contributed by atoms with Crippen LogP contribution in [0.3, 0.4) is 0 Å². The van der Waals surface area contributed by atoms with Crippen LogP contribution in [0.15, 0.2) is 54.0 Å².